The summed E-state index contributed by atoms with van der Waals surface area (Å²) >= 11 is 0. The molecule has 26 heavy (non-hydrogen) atoms. The van der Waals surface area contributed by atoms with Crippen LogP contribution in [-0.2, 0) is 28.3 Å². The van der Waals surface area contributed by atoms with E-state index < -0.39 is 11.6 Å². The molecule has 130 valence electrons. The Hall–Kier alpha value is -3.06. The van der Waals surface area contributed by atoms with Crippen molar-refractivity contribution in [2.45, 2.75) is 32.1 Å². The third-order valence-corrected chi connectivity index (χ3v) is 5.28. The summed E-state index contributed by atoms with van der Waals surface area (Å²) in [6.45, 7) is 1.96. The zero-order chi connectivity index (χ0) is 18.1. The number of cyclic esters (lactones) is 1. The number of carbonyl (C=O) groups is 1. The number of fused-ring (bicyclic) bond motifs is 5. The van der Waals surface area contributed by atoms with Crippen LogP contribution in [0.1, 0.15) is 30.0 Å². The molecule has 1 N–H and O–H groups in total. The Morgan fingerprint density at radius 3 is 3.00 bits per heavy atom. The quantitative estimate of drug-likeness (QED) is 0.523. The number of pyridine rings is 3. The van der Waals surface area contributed by atoms with Gasteiger partial charge in [0.1, 0.15) is 6.61 Å². The minimum absolute atomic E-state index is 0.122. The number of hydrogen-bond acceptors (Lipinski definition) is 6. The van der Waals surface area contributed by atoms with E-state index in [2.05, 4.69) is 9.97 Å². The van der Waals surface area contributed by atoms with Crippen LogP contribution in [0.25, 0.3) is 22.4 Å². The highest BCUT2D eigenvalue weighted by Gasteiger charge is 2.45. The number of rotatable bonds is 1. The highest BCUT2D eigenvalue weighted by Crippen LogP contribution is 2.38. The van der Waals surface area contributed by atoms with Crippen LogP contribution >= 0.6 is 0 Å². The standard InChI is InChI=1S/C19H15N3O4/c1-2-19(25)13-7-14-15-11(6-10-4-3-5-20-16(10)21-15)8-22(14)17(23)12(13)9-26-18(19)24/h3-7,25H,2,8-9H2,1H3. The molecule has 0 amide bonds. The van der Waals surface area contributed by atoms with Crippen molar-refractivity contribution in [1.82, 2.24) is 14.5 Å². The van der Waals surface area contributed by atoms with Crippen LogP contribution in [0.15, 0.2) is 35.3 Å². The van der Waals surface area contributed by atoms with Crippen molar-refractivity contribution < 1.29 is 14.6 Å². The highest BCUT2D eigenvalue weighted by molar-refractivity contribution is 5.85. The van der Waals surface area contributed by atoms with Crippen LogP contribution in [0, 0.1) is 0 Å². The van der Waals surface area contributed by atoms with Crippen molar-refractivity contribution in [1.29, 1.82) is 0 Å². The van der Waals surface area contributed by atoms with E-state index in [0.29, 0.717) is 34.7 Å². The van der Waals surface area contributed by atoms with E-state index in [4.69, 9.17) is 4.74 Å². The van der Waals surface area contributed by atoms with E-state index in [1.54, 1.807) is 23.8 Å². The van der Waals surface area contributed by atoms with Crippen LogP contribution in [0.5, 0.6) is 0 Å². The van der Waals surface area contributed by atoms with Gasteiger partial charge in [0.2, 0.25) is 0 Å². The molecule has 5 heterocycles. The molecule has 1 unspecified atom stereocenters. The van der Waals surface area contributed by atoms with Crippen molar-refractivity contribution in [3.63, 3.8) is 0 Å². The lowest BCUT2D eigenvalue weighted by atomic mass is 9.86. The largest absolute Gasteiger partial charge is 0.458 e. The Balaban J connectivity index is 1.81. The van der Waals surface area contributed by atoms with Gasteiger partial charge in [-0.1, -0.05) is 6.92 Å². The van der Waals surface area contributed by atoms with Crippen LogP contribution in [-0.4, -0.2) is 25.6 Å². The summed E-state index contributed by atoms with van der Waals surface area (Å²) in [4.78, 5) is 34.0. The molecular weight excluding hydrogens is 334 g/mol. The number of esters is 1. The summed E-state index contributed by atoms with van der Waals surface area (Å²) in [7, 11) is 0. The molecule has 0 bridgehead atoms. The molecule has 3 aromatic rings. The van der Waals surface area contributed by atoms with Gasteiger partial charge >= 0.3 is 5.97 Å². The Bertz CT molecular complexity index is 1170. The van der Waals surface area contributed by atoms with Crippen LogP contribution in [0.3, 0.4) is 0 Å². The van der Waals surface area contributed by atoms with Gasteiger partial charge < -0.3 is 14.4 Å². The van der Waals surface area contributed by atoms with Gasteiger partial charge in [-0.05, 0) is 30.7 Å². The normalized spacial score (nSPS) is 20.5. The van der Waals surface area contributed by atoms with Gasteiger partial charge in [0.05, 0.1) is 23.5 Å². The summed E-state index contributed by atoms with van der Waals surface area (Å²) < 4.78 is 6.68. The molecule has 2 aliphatic rings. The van der Waals surface area contributed by atoms with Gasteiger partial charge in [-0.3, -0.25) is 4.79 Å². The lowest BCUT2D eigenvalue weighted by Gasteiger charge is -2.31. The van der Waals surface area contributed by atoms with Crippen molar-refractivity contribution in [3.05, 3.63) is 57.5 Å². The fraction of sp³-hybridized carbons (Fsp3) is 0.263. The molecule has 3 aromatic heterocycles. The lowest BCUT2D eigenvalue weighted by molar-refractivity contribution is -0.172. The first-order valence-electron chi connectivity index (χ1n) is 8.44. The summed E-state index contributed by atoms with van der Waals surface area (Å²) in [5.74, 6) is -0.719. The maximum Gasteiger partial charge on any atom is 0.343 e. The molecule has 1 atom stereocenters. The third-order valence-electron chi connectivity index (χ3n) is 5.28. The van der Waals surface area contributed by atoms with Crippen LogP contribution in [0.4, 0.5) is 0 Å². The number of aliphatic hydroxyl groups is 1. The highest BCUT2D eigenvalue weighted by atomic mass is 16.6. The second kappa shape index (κ2) is 4.98. The van der Waals surface area contributed by atoms with Crippen molar-refractivity contribution >= 4 is 17.0 Å². The van der Waals surface area contributed by atoms with Gasteiger partial charge in [0.15, 0.2) is 11.2 Å². The van der Waals surface area contributed by atoms with Crippen LogP contribution in [0.2, 0.25) is 0 Å². The van der Waals surface area contributed by atoms with E-state index in [1.807, 2.05) is 18.2 Å². The predicted molar refractivity (Wildman–Crippen MR) is 92.3 cm³/mol. The zero-order valence-electron chi connectivity index (χ0n) is 14.0. The first-order chi connectivity index (χ1) is 12.5. The molecule has 0 spiro atoms. The molecule has 0 fully saturated rings. The molecule has 0 saturated heterocycles. The summed E-state index contributed by atoms with van der Waals surface area (Å²) in [6.07, 6.45) is 1.80. The molecule has 0 radical (unpaired) electrons. The molecule has 2 aliphatic heterocycles. The minimum atomic E-state index is -1.81. The third kappa shape index (κ3) is 1.80. The topological polar surface area (TPSA) is 94.3 Å². The van der Waals surface area contributed by atoms with Gasteiger partial charge in [0.25, 0.3) is 5.56 Å². The number of nitrogens with zero attached hydrogens (tertiary/aromatic N) is 3. The fourth-order valence-electron chi connectivity index (χ4n) is 3.81. The van der Waals surface area contributed by atoms with Gasteiger partial charge in [0, 0.05) is 22.7 Å². The average molecular weight is 349 g/mol. The smallest absolute Gasteiger partial charge is 0.343 e. The number of aromatic nitrogens is 3. The molecular formula is C19H15N3O4. The van der Waals surface area contributed by atoms with Gasteiger partial charge in [-0.25, -0.2) is 14.8 Å². The summed E-state index contributed by atoms with van der Waals surface area (Å²) in [5, 5.41) is 11.7. The molecule has 0 aliphatic carbocycles. The first kappa shape index (κ1) is 15.2. The number of carbonyl (C=O) groups excluding carboxylic acids is 1. The Labute approximate surface area is 147 Å². The van der Waals surface area contributed by atoms with E-state index in [-0.39, 0.29) is 18.6 Å². The molecule has 5 rings (SSSR count). The van der Waals surface area contributed by atoms with Gasteiger partial charge in [-0.2, -0.15) is 0 Å². The second-order valence-corrected chi connectivity index (χ2v) is 6.65. The fourth-order valence-corrected chi connectivity index (χ4v) is 3.81. The summed E-state index contributed by atoms with van der Waals surface area (Å²) in [5.41, 5.74) is 1.35. The number of hydrogen-bond donors (Lipinski definition) is 1. The summed E-state index contributed by atoms with van der Waals surface area (Å²) in [6, 6.07) is 7.44. The lowest BCUT2D eigenvalue weighted by Crippen LogP contribution is -2.44. The van der Waals surface area contributed by atoms with Crippen molar-refractivity contribution in [2.24, 2.45) is 0 Å². The second-order valence-electron chi connectivity index (χ2n) is 6.65. The van der Waals surface area contributed by atoms with Crippen molar-refractivity contribution in [3.8, 4) is 11.4 Å². The van der Waals surface area contributed by atoms with E-state index in [1.165, 1.54) is 0 Å². The van der Waals surface area contributed by atoms with E-state index in [9.17, 15) is 14.7 Å². The van der Waals surface area contributed by atoms with Gasteiger partial charge in [-0.15, -0.1) is 0 Å². The Kier molecular flexibility index (Phi) is 2.92. The van der Waals surface area contributed by atoms with E-state index >= 15 is 0 Å². The van der Waals surface area contributed by atoms with Crippen LogP contribution < -0.4 is 5.56 Å². The maximum atomic E-state index is 13.0. The average Bonchev–Trinajstić information content (AvgIpc) is 3.01. The Morgan fingerprint density at radius 1 is 1.35 bits per heavy atom. The molecule has 0 saturated carbocycles. The van der Waals surface area contributed by atoms with Crippen molar-refractivity contribution in [2.75, 3.05) is 0 Å². The Morgan fingerprint density at radius 2 is 2.19 bits per heavy atom. The minimum Gasteiger partial charge on any atom is -0.458 e. The maximum absolute atomic E-state index is 13.0. The predicted octanol–water partition coefficient (Wildman–Crippen LogP) is 1.47. The monoisotopic (exact) mass is 349 g/mol. The molecule has 7 heteroatoms. The zero-order valence-corrected chi connectivity index (χ0v) is 14.0. The first-order valence-corrected chi connectivity index (χ1v) is 8.44. The SMILES string of the molecule is CCC1(O)C(=O)OCc2c1cc1n(c2=O)Cc2cc3cccnc3nc2-1. The number of ether oxygens (including phenoxy) is 1. The molecule has 0 aromatic carbocycles. The molecule has 7 nitrogen and oxygen atoms in total. The van der Waals surface area contributed by atoms with E-state index in [0.717, 1.165) is 10.9 Å².